The highest BCUT2D eigenvalue weighted by Gasteiger charge is 2.06. The molecular formula is C22H26N6S2. The summed E-state index contributed by atoms with van der Waals surface area (Å²) in [4.78, 5) is 6.82. The summed E-state index contributed by atoms with van der Waals surface area (Å²) in [6.45, 7) is 8.34. The van der Waals surface area contributed by atoms with Crippen molar-refractivity contribution in [2.75, 3.05) is 29.6 Å². The van der Waals surface area contributed by atoms with E-state index < -0.39 is 0 Å². The number of aryl methyl sites for hydroxylation is 1. The fourth-order valence-electron chi connectivity index (χ4n) is 2.71. The van der Waals surface area contributed by atoms with Crippen LogP contribution in [0.1, 0.15) is 19.4 Å². The lowest BCUT2D eigenvalue weighted by Crippen LogP contribution is -2.21. The van der Waals surface area contributed by atoms with Crippen molar-refractivity contribution < 1.29 is 0 Å². The van der Waals surface area contributed by atoms with Gasteiger partial charge in [-0.05, 0) is 63.2 Å². The first-order chi connectivity index (χ1) is 14.7. The van der Waals surface area contributed by atoms with Crippen LogP contribution in [0.25, 0.3) is 0 Å². The maximum atomic E-state index is 4.52. The molecule has 8 heteroatoms. The van der Waals surface area contributed by atoms with E-state index in [1.54, 1.807) is 23.5 Å². The molecule has 2 aromatic carbocycles. The Kier molecular flexibility index (Phi) is 8.65. The van der Waals surface area contributed by atoms with Crippen LogP contribution in [-0.2, 0) is 0 Å². The molecule has 0 atom stereocenters. The van der Waals surface area contributed by atoms with E-state index in [0.29, 0.717) is 11.0 Å². The van der Waals surface area contributed by atoms with E-state index in [1.807, 2.05) is 36.4 Å². The van der Waals surface area contributed by atoms with Crippen LogP contribution in [0.2, 0.25) is 0 Å². The quantitative estimate of drug-likeness (QED) is 0.443. The number of nitrogens with zero attached hydrogens (tertiary/aromatic N) is 6. The molecular weight excluding hydrogens is 412 g/mol. The lowest BCUT2D eigenvalue weighted by atomic mass is 10.2. The topological polar surface area (TPSA) is 65.0 Å². The van der Waals surface area contributed by atoms with Gasteiger partial charge >= 0.3 is 0 Å². The number of anilines is 1. The minimum atomic E-state index is 0.543. The highest BCUT2D eigenvalue weighted by molar-refractivity contribution is 8.14. The molecule has 1 heterocycles. The molecule has 0 amide bonds. The molecule has 0 aliphatic carbocycles. The van der Waals surface area contributed by atoms with Crippen molar-refractivity contribution in [2.45, 2.75) is 20.8 Å². The summed E-state index contributed by atoms with van der Waals surface area (Å²) in [5, 5.41) is 18.9. The van der Waals surface area contributed by atoms with Crippen molar-refractivity contribution in [3.05, 3.63) is 65.2 Å². The van der Waals surface area contributed by atoms with Crippen molar-refractivity contribution in [3.8, 4) is 0 Å². The number of aliphatic imine (C=N–C) groups is 1. The van der Waals surface area contributed by atoms with Gasteiger partial charge in [0.2, 0.25) is 5.17 Å². The Bertz CT molecular complexity index is 929. The van der Waals surface area contributed by atoms with E-state index in [0.717, 1.165) is 35.2 Å². The average molecular weight is 439 g/mol. The van der Waals surface area contributed by atoms with Crippen molar-refractivity contribution >= 4 is 45.8 Å². The van der Waals surface area contributed by atoms with Gasteiger partial charge in [-0.25, -0.2) is 4.99 Å². The van der Waals surface area contributed by atoms with Gasteiger partial charge in [0, 0.05) is 24.5 Å². The molecule has 0 N–H and O–H groups in total. The standard InChI is InChI=1S/C22H26N6S2/c1-4-28(5-2)20-12-10-19(11-13-20)25-27-22-23-16-30-21(14-15-29-22)26-24-18-8-6-17(3)7-9-18/h6-14H,4-5,15-16H2,1-3H3/b21-14-,23-22-,26-24?,27-25?. The fraction of sp³-hybridized carbons (Fsp3) is 0.318. The minimum absolute atomic E-state index is 0.543. The molecule has 2 aromatic rings. The fourth-order valence-corrected chi connectivity index (χ4v) is 4.16. The Morgan fingerprint density at radius 3 is 2.13 bits per heavy atom. The van der Waals surface area contributed by atoms with Crippen LogP contribution in [0.4, 0.5) is 17.1 Å². The third-order valence-electron chi connectivity index (χ3n) is 4.41. The van der Waals surface area contributed by atoms with Crippen LogP contribution in [-0.4, -0.2) is 29.9 Å². The molecule has 30 heavy (non-hydrogen) atoms. The van der Waals surface area contributed by atoms with Crippen LogP contribution in [0.15, 0.2) is 85.1 Å². The molecule has 0 unspecified atom stereocenters. The summed E-state index contributed by atoms with van der Waals surface area (Å²) >= 11 is 3.10. The Balaban J connectivity index is 1.55. The second kappa shape index (κ2) is 11.7. The van der Waals surface area contributed by atoms with Crippen LogP contribution >= 0.6 is 23.5 Å². The molecule has 1 aliphatic rings. The Morgan fingerprint density at radius 1 is 0.833 bits per heavy atom. The van der Waals surface area contributed by atoms with Gasteiger partial charge in [-0.3, -0.25) is 0 Å². The van der Waals surface area contributed by atoms with Gasteiger partial charge in [0.15, 0.2) is 0 Å². The van der Waals surface area contributed by atoms with Crippen molar-refractivity contribution in [1.29, 1.82) is 0 Å². The molecule has 1 aliphatic heterocycles. The smallest absolute Gasteiger partial charge is 0.205 e. The van der Waals surface area contributed by atoms with Gasteiger partial charge < -0.3 is 4.90 Å². The SMILES string of the molecule is CCN(CC)c1ccc(N=N/C2=N/CS/C(N=Nc3ccc(C)cc3)=C\CS2)cc1. The molecule has 6 nitrogen and oxygen atoms in total. The molecule has 0 bridgehead atoms. The molecule has 156 valence electrons. The van der Waals surface area contributed by atoms with Gasteiger partial charge in [0.25, 0.3) is 0 Å². The zero-order chi connectivity index (χ0) is 21.2. The Morgan fingerprint density at radius 2 is 1.47 bits per heavy atom. The van der Waals surface area contributed by atoms with Crippen LogP contribution in [0, 0.1) is 6.92 Å². The third-order valence-corrected chi connectivity index (χ3v) is 6.01. The maximum absolute atomic E-state index is 4.52. The minimum Gasteiger partial charge on any atom is -0.372 e. The number of hydrogen-bond acceptors (Lipinski definition) is 8. The summed E-state index contributed by atoms with van der Waals surface area (Å²) in [6, 6.07) is 16.1. The largest absolute Gasteiger partial charge is 0.372 e. The van der Waals surface area contributed by atoms with E-state index in [1.165, 1.54) is 11.3 Å². The van der Waals surface area contributed by atoms with Gasteiger partial charge in [-0.1, -0.05) is 41.2 Å². The van der Waals surface area contributed by atoms with Gasteiger partial charge in [0.1, 0.15) is 5.03 Å². The van der Waals surface area contributed by atoms with Crippen molar-refractivity contribution in [2.24, 2.45) is 25.4 Å². The van der Waals surface area contributed by atoms with Crippen molar-refractivity contribution in [1.82, 2.24) is 0 Å². The summed E-state index contributed by atoms with van der Waals surface area (Å²) in [5.41, 5.74) is 4.08. The highest BCUT2D eigenvalue weighted by atomic mass is 32.2. The normalized spacial score (nSPS) is 18.5. The van der Waals surface area contributed by atoms with E-state index in [2.05, 4.69) is 69.3 Å². The highest BCUT2D eigenvalue weighted by Crippen LogP contribution is 2.26. The Hall–Kier alpha value is -2.45. The number of amidine groups is 1. The number of thioether (sulfide) groups is 2. The Labute approximate surface area is 186 Å². The van der Waals surface area contributed by atoms with Crippen LogP contribution in [0.3, 0.4) is 0 Å². The molecule has 0 saturated heterocycles. The second-order valence-electron chi connectivity index (χ2n) is 6.49. The number of azo groups is 2. The second-order valence-corrected chi connectivity index (χ2v) is 8.44. The summed E-state index contributed by atoms with van der Waals surface area (Å²) < 4.78 is 0. The first kappa shape index (κ1) is 22.2. The van der Waals surface area contributed by atoms with Gasteiger partial charge in [0.05, 0.1) is 17.3 Å². The zero-order valence-electron chi connectivity index (χ0n) is 17.5. The lowest BCUT2D eigenvalue weighted by molar-refractivity contribution is 0.866. The van der Waals surface area contributed by atoms with Crippen LogP contribution in [0.5, 0.6) is 0 Å². The van der Waals surface area contributed by atoms with E-state index in [-0.39, 0.29) is 0 Å². The summed E-state index contributed by atoms with van der Waals surface area (Å²) in [6.07, 6.45) is 2.05. The molecule has 0 fully saturated rings. The van der Waals surface area contributed by atoms with Gasteiger partial charge in [-0.2, -0.15) is 5.11 Å². The van der Waals surface area contributed by atoms with E-state index in [9.17, 15) is 0 Å². The zero-order valence-corrected chi connectivity index (χ0v) is 19.2. The predicted molar refractivity (Wildman–Crippen MR) is 131 cm³/mol. The molecule has 0 radical (unpaired) electrons. The first-order valence-electron chi connectivity index (χ1n) is 9.93. The number of rotatable bonds is 6. The summed E-state index contributed by atoms with van der Waals surface area (Å²) in [7, 11) is 0. The molecule has 0 saturated carbocycles. The lowest BCUT2D eigenvalue weighted by Gasteiger charge is -2.20. The average Bonchev–Trinajstić information content (AvgIpc) is 2.75. The van der Waals surface area contributed by atoms with E-state index in [4.69, 9.17) is 0 Å². The third kappa shape index (κ3) is 6.81. The predicted octanol–water partition coefficient (Wildman–Crippen LogP) is 7.34. The van der Waals surface area contributed by atoms with Gasteiger partial charge in [-0.15, -0.1) is 15.3 Å². The summed E-state index contributed by atoms with van der Waals surface area (Å²) in [5.74, 6) is 1.27. The number of hydrogen-bond donors (Lipinski definition) is 0. The van der Waals surface area contributed by atoms with E-state index >= 15 is 0 Å². The van der Waals surface area contributed by atoms with Crippen molar-refractivity contribution in [3.63, 3.8) is 0 Å². The van der Waals surface area contributed by atoms with Crippen LogP contribution < -0.4 is 4.90 Å². The molecule has 3 rings (SSSR count). The number of benzene rings is 2. The monoisotopic (exact) mass is 438 g/mol. The molecule has 0 aromatic heterocycles. The molecule has 0 spiro atoms. The maximum Gasteiger partial charge on any atom is 0.205 e. The first-order valence-corrected chi connectivity index (χ1v) is 11.9.